The van der Waals surface area contributed by atoms with Crippen LogP contribution in [0.3, 0.4) is 0 Å². The number of nitrogen functional groups attached to an aromatic ring is 1. The minimum atomic E-state index is -1.12. The van der Waals surface area contributed by atoms with Gasteiger partial charge in [-0.1, -0.05) is 23.7 Å². The van der Waals surface area contributed by atoms with Crippen molar-refractivity contribution in [1.82, 2.24) is 5.32 Å². The van der Waals surface area contributed by atoms with Crippen molar-refractivity contribution in [2.45, 2.75) is 6.92 Å². The van der Waals surface area contributed by atoms with Crippen LogP contribution in [0.5, 0.6) is 5.75 Å². The number of nitrogens with two attached hydrogens (primary N) is 1. The molecule has 8 heteroatoms. The third-order valence-corrected chi connectivity index (χ3v) is 3.77. The second kappa shape index (κ2) is 7.67. The molecule has 2 aromatic carbocycles. The highest BCUT2D eigenvalue weighted by Crippen LogP contribution is 2.30. The van der Waals surface area contributed by atoms with Gasteiger partial charge in [0, 0.05) is 16.8 Å². The number of nitrogens with one attached hydrogen (secondary N) is 2. The minimum Gasteiger partial charge on any atom is -0.495 e. The monoisotopic (exact) mass is 361 g/mol. The lowest BCUT2D eigenvalue weighted by atomic mass is 10.1. The van der Waals surface area contributed by atoms with E-state index in [-0.39, 0.29) is 22.7 Å². The fourth-order valence-electron chi connectivity index (χ4n) is 2.04. The van der Waals surface area contributed by atoms with Crippen LogP contribution >= 0.6 is 11.6 Å². The summed E-state index contributed by atoms with van der Waals surface area (Å²) >= 11 is 5.99. The molecule has 0 aliphatic rings. The Labute approximate surface area is 149 Å². The molecule has 3 amide bonds. The summed E-state index contributed by atoms with van der Waals surface area (Å²) in [5.41, 5.74) is 6.91. The third-order valence-electron chi connectivity index (χ3n) is 3.37. The first-order valence-corrected chi connectivity index (χ1v) is 7.56. The van der Waals surface area contributed by atoms with Crippen LogP contribution in [0.2, 0.25) is 5.02 Å². The van der Waals surface area contributed by atoms with Gasteiger partial charge < -0.3 is 15.8 Å². The van der Waals surface area contributed by atoms with Gasteiger partial charge in [-0.25, -0.2) is 0 Å². The van der Waals surface area contributed by atoms with Gasteiger partial charge in [0.15, 0.2) is 0 Å². The summed E-state index contributed by atoms with van der Waals surface area (Å²) in [5.74, 6) is -2.63. The number of anilines is 2. The van der Waals surface area contributed by atoms with Crippen molar-refractivity contribution >= 4 is 40.7 Å². The van der Waals surface area contributed by atoms with E-state index in [2.05, 4.69) is 5.32 Å². The predicted octanol–water partition coefficient (Wildman–Crippen LogP) is 2.13. The molecule has 0 saturated carbocycles. The number of aryl methyl sites for hydroxylation is 1. The normalized spacial score (nSPS) is 10.0. The summed E-state index contributed by atoms with van der Waals surface area (Å²) < 4.78 is 5.11. The highest BCUT2D eigenvalue weighted by atomic mass is 35.5. The third kappa shape index (κ3) is 4.27. The number of methoxy groups -OCH3 is 1. The standard InChI is InChI=1S/C17H16ClN3O4/c1-9-7-13(14(25-2)8-11(9)18)20-16(23)17(24)21-15(22)10-5-3-4-6-12(10)19/h3-8H,19H2,1-2H3,(H,20,23)(H,21,22,24). The number of ether oxygens (including phenoxy) is 1. The van der Waals surface area contributed by atoms with Gasteiger partial charge in [-0.2, -0.15) is 0 Å². The van der Waals surface area contributed by atoms with Crippen LogP contribution in [-0.4, -0.2) is 24.8 Å². The molecule has 0 heterocycles. The van der Waals surface area contributed by atoms with Gasteiger partial charge in [0.25, 0.3) is 5.91 Å². The van der Waals surface area contributed by atoms with E-state index in [4.69, 9.17) is 22.1 Å². The van der Waals surface area contributed by atoms with Gasteiger partial charge >= 0.3 is 11.8 Å². The Hall–Kier alpha value is -3.06. The van der Waals surface area contributed by atoms with E-state index in [1.807, 2.05) is 5.32 Å². The first-order chi connectivity index (χ1) is 11.8. The van der Waals surface area contributed by atoms with Gasteiger partial charge in [-0.05, 0) is 30.7 Å². The molecule has 0 saturated heterocycles. The Bertz CT molecular complexity index is 852. The maximum absolute atomic E-state index is 12.0. The minimum absolute atomic E-state index is 0.101. The number of rotatable bonds is 3. The van der Waals surface area contributed by atoms with Gasteiger partial charge in [-0.3, -0.25) is 19.7 Å². The highest BCUT2D eigenvalue weighted by Gasteiger charge is 2.20. The molecule has 0 unspecified atom stereocenters. The number of carbonyl (C=O) groups is 3. The summed E-state index contributed by atoms with van der Waals surface area (Å²) in [7, 11) is 1.40. The number of amides is 3. The van der Waals surface area contributed by atoms with Crippen molar-refractivity contribution in [1.29, 1.82) is 0 Å². The second-order valence-corrected chi connectivity index (χ2v) is 5.53. The van der Waals surface area contributed by atoms with Crippen LogP contribution in [0.25, 0.3) is 0 Å². The molecule has 2 aromatic rings. The molecule has 7 nitrogen and oxygen atoms in total. The smallest absolute Gasteiger partial charge is 0.316 e. The second-order valence-electron chi connectivity index (χ2n) is 5.13. The largest absolute Gasteiger partial charge is 0.495 e. The maximum Gasteiger partial charge on any atom is 0.316 e. The first-order valence-electron chi connectivity index (χ1n) is 7.18. The molecule has 25 heavy (non-hydrogen) atoms. The molecule has 0 bridgehead atoms. The van der Waals surface area contributed by atoms with Crippen molar-refractivity contribution in [2.75, 3.05) is 18.2 Å². The Morgan fingerprint density at radius 3 is 2.44 bits per heavy atom. The molecule has 0 radical (unpaired) electrons. The first kappa shape index (κ1) is 18.3. The van der Waals surface area contributed by atoms with Crippen LogP contribution in [0.4, 0.5) is 11.4 Å². The van der Waals surface area contributed by atoms with Crippen LogP contribution in [0, 0.1) is 6.92 Å². The lowest BCUT2D eigenvalue weighted by molar-refractivity contribution is -0.135. The predicted molar refractivity (Wildman–Crippen MR) is 94.7 cm³/mol. The van der Waals surface area contributed by atoms with Crippen molar-refractivity contribution < 1.29 is 19.1 Å². The fraction of sp³-hybridized carbons (Fsp3) is 0.118. The van der Waals surface area contributed by atoms with Crippen LogP contribution in [0.1, 0.15) is 15.9 Å². The summed E-state index contributed by atoms with van der Waals surface area (Å²) in [6.45, 7) is 1.74. The van der Waals surface area contributed by atoms with E-state index in [9.17, 15) is 14.4 Å². The summed E-state index contributed by atoms with van der Waals surface area (Å²) in [6.07, 6.45) is 0. The molecule has 130 valence electrons. The summed E-state index contributed by atoms with van der Waals surface area (Å²) in [4.78, 5) is 36.0. The lowest BCUT2D eigenvalue weighted by Gasteiger charge is -2.12. The van der Waals surface area contributed by atoms with Crippen LogP contribution in [-0.2, 0) is 9.59 Å². The number of imide groups is 1. The molecular formula is C17H16ClN3O4. The van der Waals surface area contributed by atoms with E-state index in [0.29, 0.717) is 10.6 Å². The van der Waals surface area contributed by atoms with Crippen molar-refractivity contribution in [3.63, 3.8) is 0 Å². The van der Waals surface area contributed by atoms with Gasteiger partial charge in [-0.15, -0.1) is 0 Å². The lowest BCUT2D eigenvalue weighted by Crippen LogP contribution is -2.39. The molecule has 0 spiro atoms. The van der Waals surface area contributed by atoms with Gasteiger partial charge in [0.1, 0.15) is 5.75 Å². The molecule has 0 fully saturated rings. The zero-order valence-corrected chi connectivity index (χ0v) is 14.3. The quantitative estimate of drug-likeness (QED) is 0.573. The van der Waals surface area contributed by atoms with E-state index >= 15 is 0 Å². The molecule has 0 aliphatic heterocycles. The molecule has 0 aromatic heterocycles. The topological polar surface area (TPSA) is 111 Å². The van der Waals surface area contributed by atoms with Crippen molar-refractivity contribution in [2.24, 2.45) is 0 Å². The molecule has 0 atom stereocenters. The fourth-order valence-corrected chi connectivity index (χ4v) is 2.19. The Morgan fingerprint density at radius 2 is 1.80 bits per heavy atom. The van der Waals surface area contributed by atoms with Crippen molar-refractivity contribution in [3.8, 4) is 5.75 Å². The molecule has 4 N–H and O–H groups in total. The summed E-state index contributed by atoms with van der Waals surface area (Å²) in [5, 5.41) is 4.82. The Balaban J connectivity index is 2.11. The zero-order valence-electron chi connectivity index (χ0n) is 13.6. The molecule has 0 aliphatic carbocycles. The van der Waals surface area contributed by atoms with E-state index < -0.39 is 17.7 Å². The van der Waals surface area contributed by atoms with E-state index in [1.165, 1.54) is 25.3 Å². The highest BCUT2D eigenvalue weighted by molar-refractivity contribution is 6.42. The maximum atomic E-state index is 12.0. The molecular weight excluding hydrogens is 346 g/mol. The van der Waals surface area contributed by atoms with E-state index in [0.717, 1.165) is 0 Å². The van der Waals surface area contributed by atoms with Crippen molar-refractivity contribution in [3.05, 3.63) is 52.5 Å². The van der Waals surface area contributed by atoms with Gasteiger partial charge in [0.2, 0.25) is 0 Å². The van der Waals surface area contributed by atoms with Crippen LogP contribution in [0.15, 0.2) is 36.4 Å². The Morgan fingerprint density at radius 1 is 1.12 bits per heavy atom. The summed E-state index contributed by atoms with van der Waals surface area (Å²) in [6, 6.07) is 9.28. The number of para-hydroxylation sites is 1. The Kier molecular flexibility index (Phi) is 5.61. The average molecular weight is 362 g/mol. The number of benzene rings is 2. The van der Waals surface area contributed by atoms with Gasteiger partial charge in [0.05, 0.1) is 18.4 Å². The van der Waals surface area contributed by atoms with Crippen LogP contribution < -0.4 is 21.1 Å². The molecule has 2 rings (SSSR count). The number of hydrogen-bond acceptors (Lipinski definition) is 5. The zero-order chi connectivity index (χ0) is 18.6. The SMILES string of the molecule is COc1cc(Cl)c(C)cc1NC(=O)C(=O)NC(=O)c1ccccc1N. The number of carbonyl (C=O) groups excluding carboxylic acids is 3. The number of halogens is 1. The van der Waals surface area contributed by atoms with E-state index in [1.54, 1.807) is 25.1 Å². The number of hydrogen-bond donors (Lipinski definition) is 3. The average Bonchev–Trinajstić information content (AvgIpc) is 2.58.